The van der Waals surface area contributed by atoms with E-state index < -0.39 is 11.8 Å². The minimum atomic E-state index is -0.649. The largest absolute Gasteiger partial charge is 0.504 e. The lowest BCUT2D eigenvalue weighted by Gasteiger charge is -2.09. The van der Waals surface area contributed by atoms with Crippen LogP contribution in [0.2, 0.25) is 0 Å². The Morgan fingerprint density at radius 1 is 1.07 bits per heavy atom. The lowest BCUT2D eigenvalue weighted by Crippen LogP contribution is -2.27. The molecule has 4 N–H and O–H groups in total. The van der Waals surface area contributed by atoms with Crippen molar-refractivity contribution in [3.05, 3.63) is 53.8 Å². The topological polar surface area (TPSA) is 133 Å². The highest BCUT2D eigenvalue weighted by atomic mass is 16.5. The highest BCUT2D eigenvalue weighted by Gasteiger charge is 2.13. The second-order valence-corrected chi connectivity index (χ2v) is 6.30. The van der Waals surface area contributed by atoms with Crippen molar-refractivity contribution in [2.75, 3.05) is 33.5 Å². The molecule has 0 saturated carbocycles. The number of rotatable bonds is 10. The van der Waals surface area contributed by atoms with Crippen molar-refractivity contribution in [2.24, 2.45) is 5.73 Å². The molecule has 2 aromatic carbocycles. The van der Waals surface area contributed by atoms with E-state index in [1.54, 1.807) is 31.4 Å². The third-order valence-corrected chi connectivity index (χ3v) is 4.16. The van der Waals surface area contributed by atoms with E-state index in [1.807, 2.05) is 0 Å². The van der Waals surface area contributed by atoms with E-state index in [2.05, 4.69) is 5.32 Å². The molecule has 0 unspecified atom stereocenters. The van der Waals surface area contributed by atoms with Crippen LogP contribution in [0, 0.1) is 0 Å². The Balaban J connectivity index is 1.52. The molecular formula is C21H22N2O7. The fourth-order valence-electron chi connectivity index (χ4n) is 2.66. The summed E-state index contributed by atoms with van der Waals surface area (Å²) in [6.07, 6.45) is 0. The number of phenols is 1. The molecule has 0 aliphatic heterocycles. The van der Waals surface area contributed by atoms with Gasteiger partial charge in [-0.3, -0.25) is 9.59 Å². The van der Waals surface area contributed by atoms with E-state index in [9.17, 15) is 14.7 Å². The van der Waals surface area contributed by atoms with Gasteiger partial charge in [-0.25, -0.2) is 0 Å². The molecule has 0 spiro atoms. The molecule has 0 radical (unpaired) electrons. The first-order chi connectivity index (χ1) is 14.5. The van der Waals surface area contributed by atoms with Gasteiger partial charge in [0.2, 0.25) is 5.91 Å². The number of nitrogens with two attached hydrogens (primary N) is 1. The first-order valence-electron chi connectivity index (χ1n) is 9.17. The number of carbonyl (C=O) groups excluding carboxylic acids is 2. The van der Waals surface area contributed by atoms with E-state index in [0.717, 1.165) is 5.39 Å². The quantitative estimate of drug-likeness (QED) is 0.433. The fraction of sp³-hybridized carbons (Fsp3) is 0.238. The van der Waals surface area contributed by atoms with Crippen molar-refractivity contribution in [1.29, 1.82) is 0 Å². The number of methoxy groups -OCH3 is 1. The van der Waals surface area contributed by atoms with Gasteiger partial charge >= 0.3 is 0 Å². The van der Waals surface area contributed by atoms with Crippen LogP contribution in [0.25, 0.3) is 11.0 Å². The van der Waals surface area contributed by atoms with E-state index in [-0.39, 0.29) is 36.0 Å². The molecule has 0 saturated heterocycles. The molecule has 2 amide bonds. The molecule has 3 aromatic rings. The first kappa shape index (κ1) is 21.0. The Hall–Kier alpha value is -3.72. The molecule has 158 valence electrons. The number of fused-ring (bicyclic) bond motifs is 1. The average Bonchev–Trinajstić information content (AvgIpc) is 3.15. The molecule has 9 heteroatoms. The third kappa shape index (κ3) is 5.21. The van der Waals surface area contributed by atoms with Crippen LogP contribution in [-0.4, -0.2) is 50.4 Å². The average molecular weight is 414 g/mol. The minimum Gasteiger partial charge on any atom is -0.504 e. The molecule has 0 bridgehead atoms. The van der Waals surface area contributed by atoms with Crippen molar-refractivity contribution in [1.82, 2.24) is 5.32 Å². The summed E-state index contributed by atoms with van der Waals surface area (Å²) in [5.41, 5.74) is 5.85. The fourth-order valence-corrected chi connectivity index (χ4v) is 2.66. The van der Waals surface area contributed by atoms with Gasteiger partial charge in [-0.05, 0) is 36.4 Å². The lowest BCUT2D eigenvalue weighted by molar-refractivity contribution is 0.0920. The summed E-state index contributed by atoms with van der Waals surface area (Å²) >= 11 is 0. The number of phenolic OH excluding ortho intramolecular Hbond substituents is 1. The summed E-state index contributed by atoms with van der Waals surface area (Å²) in [5.74, 6) is -0.296. The van der Waals surface area contributed by atoms with Crippen LogP contribution in [0.1, 0.15) is 20.9 Å². The minimum absolute atomic E-state index is 0.104. The zero-order valence-corrected chi connectivity index (χ0v) is 16.3. The van der Waals surface area contributed by atoms with Gasteiger partial charge in [-0.1, -0.05) is 0 Å². The van der Waals surface area contributed by atoms with Gasteiger partial charge < -0.3 is 34.8 Å². The van der Waals surface area contributed by atoms with Crippen molar-refractivity contribution < 1.29 is 33.3 Å². The monoisotopic (exact) mass is 414 g/mol. The Morgan fingerprint density at radius 3 is 2.63 bits per heavy atom. The Morgan fingerprint density at radius 2 is 1.90 bits per heavy atom. The van der Waals surface area contributed by atoms with Crippen LogP contribution >= 0.6 is 0 Å². The van der Waals surface area contributed by atoms with Gasteiger partial charge in [0.05, 0.1) is 13.2 Å². The molecule has 0 aliphatic carbocycles. The van der Waals surface area contributed by atoms with Gasteiger partial charge in [0, 0.05) is 24.1 Å². The summed E-state index contributed by atoms with van der Waals surface area (Å²) < 4.78 is 21.5. The number of aromatic hydroxyl groups is 1. The number of furan rings is 1. The van der Waals surface area contributed by atoms with Crippen LogP contribution in [0.4, 0.5) is 0 Å². The van der Waals surface area contributed by atoms with Gasteiger partial charge in [0.15, 0.2) is 17.3 Å². The normalized spacial score (nSPS) is 10.7. The van der Waals surface area contributed by atoms with Crippen LogP contribution in [0.5, 0.6) is 17.2 Å². The van der Waals surface area contributed by atoms with Crippen LogP contribution in [-0.2, 0) is 4.74 Å². The predicted octanol–water partition coefficient (Wildman–Crippen LogP) is 2.07. The summed E-state index contributed by atoms with van der Waals surface area (Å²) in [5, 5.41) is 13.3. The standard InChI is InChI=1S/C21H22N2O7/c1-27-8-9-28-15-4-2-13-11-19(30-18(13)12-15)21(26)23-6-7-29-17-5-3-14(20(22)25)10-16(17)24/h2-5,10-12,24H,6-9H2,1H3,(H2,22,25)(H,23,26). The molecule has 1 heterocycles. The smallest absolute Gasteiger partial charge is 0.287 e. The summed E-state index contributed by atoms with van der Waals surface area (Å²) in [6, 6.07) is 11.0. The maximum absolute atomic E-state index is 12.3. The molecule has 3 rings (SSSR count). The summed E-state index contributed by atoms with van der Waals surface area (Å²) in [6.45, 7) is 1.17. The maximum atomic E-state index is 12.3. The summed E-state index contributed by atoms with van der Waals surface area (Å²) in [4.78, 5) is 23.4. The van der Waals surface area contributed by atoms with E-state index in [0.29, 0.717) is 24.5 Å². The highest BCUT2D eigenvalue weighted by Crippen LogP contribution is 2.27. The molecule has 0 fully saturated rings. The van der Waals surface area contributed by atoms with Crippen molar-refractivity contribution >= 4 is 22.8 Å². The number of primary amides is 1. The van der Waals surface area contributed by atoms with Gasteiger partial charge in [-0.15, -0.1) is 0 Å². The van der Waals surface area contributed by atoms with Crippen molar-refractivity contribution in [3.8, 4) is 17.2 Å². The number of hydrogen-bond donors (Lipinski definition) is 3. The molecule has 1 aromatic heterocycles. The Labute approximate surface area is 172 Å². The van der Waals surface area contributed by atoms with Gasteiger partial charge in [0.1, 0.15) is 24.5 Å². The second kappa shape index (κ2) is 9.66. The zero-order chi connectivity index (χ0) is 21.5. The third-order valence-electron chi connectivity index (χ3n) is 4.16. The number of benzene rings is 2. The number of hydrogen-bond acceptors (Lipinski definition) is 7. The molecule has 0 aliphatic rings. The predicted molar refractivity (Wildman–Crippen MR) is 108 cm³/mol. The zero-order valence-electron chi connectivity index (χ0n) is 16.3. The van der Waals surface area contributed by atoms with Crippen LogP contribution in [0.15, 0.2) is 46.9 Å². The van der Waals surface area contributed by atoms with E-state index in [1.165, 1.54) is 18.2 Å². The molecule has 0 atom stereocenters. The second-order valence-electron chi connectivity index (χ2n) is 6.30. The maximum Gasteiger partial charge on any atom is 0.287 e. The Kier molecular flexibility index (Phi) is 6.76. The van der Waals surface area contributed by atoms with Crippen molar-refractivity contribution in [3.63, 3.8) is 0 Å². The molecular weight excluding hydrogens is 392 g/mol. The van der Waals surface area contributed by atoms with Gasteiger partial charge in [-0.2, -0.15) is 0 Å². The van der Waals surface area contributed by atoms with Crippen molar-refractivity contribution in [2.45, 2.75) is 0 Å². The number of amides is 2. The lowest BCUT2D eigenvalue weighted by atomic mass is 10.2. The summed E-state index contributed by atoms with van der Waals surface area (Å²) in [7, 11) is 1.59. The Bertz CT molecular complexity index is 1050. The van der Waals surface area contributed by atoms with Crippen LogP contribution < -0.4 is 20.5 Å². The highest BCUT2D eigenvalue weighted by molar-refractivity contribution is 5.96. The van der Waals surface area contributed by atoms with E-state index >= 15 is 0 Å². The SMILES string of the molecule is COCCOc1ccc2cc(C(=O)NCCOc3ccc(C(N)=O)cc3O)oc2c1. The molecule has 30 heavy (non-hydrogen) atoms. The number of ether oxygens (including phenoxy) is 3. The first-order valence-corrected chi connectivity index (χ1v) is 9.17. The number of nitrogens with one attached hydrogen (secondary N) is 1. The number of carbonyl (C=O) groups is 2. The van der Waals surface area contributed by atoms with Gasteiger partial charge in [0.25, 0.3) is 5.91 Å². The van der Waals surface area contributed by atoms with E-state index in [4.69, 9.17) is 24.4 Å². The van der Waals surface area contributed by atoms with Crippen LogP contribution in [0.3, 0.4) is 0 Å². The molecule has 9 nitrogen and oxygen atoms in total.